The van der Waals surface area contributed by atoms with Crippen LogP contribution in [0.3, 0.4) is 0 Å². The van der Waals surface area contributed by atoms with Gasteiger partial charge in [-0.05, 0) is 31.4 Å². The molecule has 0 bridgehead atoms. The van der Waals surface area contributed by atoms with Crippen LogP contribution in [0.1, 0.15) is 25.3 Å². The lowest BCUT2D eigenvalue weighted by Gasteiger charge is -2.26. The van der Waals surface area contributed by atoms with Crippen LogP contribution in [0.25, 0.3) is 0 Å². The van der Waals surface area contributed by atoms with E-state index in [2.05, 4.69) is 36.1 Å². The molecule has 2 unspecified atom stereocenters. The number of rotatable bonds is 5. The van der Waals surface area contributed by atoms with Gasteiger partial charge in [0.15, 0.2) is 0 Å². The minimum absolute atomic E-state index is 0.171. The topological polar surface area (TPSA) is 40.5 Å². The maximum Gasteiger partial charge on any atom is 0.307 e. The Kier molecular flexibility index (Phi) is 4.37. The Morgan fingerprint density at radius 1 is 1.44 bits per heavy atom. The van der Waals surface area contributed by atoms with Crippen molar-refractivity contribution in [3.63, 3.8) is 0 Å². The van der Waals surface area contributed by atoms with Crippen LogP contribution in [-0.4, -0.2) is 35.1 Å². The van der Waals surface area contributed by atoms with Crippen molar-refractivity contribution < 1.29 is 9.90 Å². The van der Waals surface area contributed by atoms with Gasteiger partial charge in [0.1, 0.15) is 0 Å². The molecule has 0 spiro atoms. The number of carboxylic acids is 1. The number of likely N-dealkylation sites (tertiary alicyclic amines) is 1. The Balaban J connectivity index is 1.96. The average Bonchev–Trinajstić information content (AvgIpc) is 2.87. The van der Waals surface area contributed by atoms with Gasteiger partial charge in [-0.25, -0.2) is 0 Å². The summed E-state index contributed by atoms with van der Waals surface area (Å²) < 4.78 is 0. The van der Waals surface area contributed by atoms with Crippen LogP contribution < -0.4 is 0 Å². The van der Waals surface area contributed by atoms with Crippen LogP contribution in [0.15, 0.2) is 30.3 Å². The van der Waals surface area contributed by atoms with Crippen molar-refractivity contribution in [1.29, 1.82) is 0 Å². The first-order valence-electron chi connectivity index (χ1n) is 6.71. The van der Waals surface area contributed by atoms with E-state index < -0.39 is 5.97 Å². The highest BCUT2D eigenvalue weighted by atomic mass is 16.4. The maximum absolute atomic E-state index is 11.0. The van der Waals surface area contributed by atoms with Crippen molar-refractivity contribution in [1.82, 2.24) is 4.90 Å². The fourth-order valence-corrected chi connectivity index (χ4v) is 2.74. The van der Waals surface area contributed by atoms with Crippen molar-refractivity contribution >= 4 is 5.97 Å². The van der Waals surface area contributed by atoms with Gasteiger partial charge in [0, 0.05) is 12.6 Å². The second-order valence-corrected chi connectivity index (χ2v) is 5.07. The third-order valence-corrected chi connectivity index (χ3v) is 3.87. The lowest BCUT2D eigenvalue weighted by Crippen LogP contribution is -2.35. The largest absolute Gasteiger partial charge is 0.481 e. The van der Waals surface area contributed by atoms with Crippen molar-refractivity contribution in [2.24, 2.45) is 5.92 Å². The Morgan fingerprint density at radius 3 is 2.72 bits per heavy atom. The van der Waals surface area contributed by atoms with E-state index in [4.69, 9.17) is 5.11 Å². The first-order valence-corrected chi connectivity index (χ1v) is 6.71. The Morgan fingerprint density at radius 2 is 2.17 bits per heavy atom. The molecule has 0 amide bonds. The molecule has 0 saturated carbocycles. The van der Waals surface area contributed by atoms with Gasteiger partial charge in [-0.15, -0.1) is 0 Å². The van der Waals surface area contributed by atoms with E-state index in [-0.39, 0.29) is 5.92 Å². The molecule has 3 nitrogen and oxygen atoms in total. The van der Waals surface area contributed by atoms with E-state index in [0.29, 0.717) is 12.6 Å². The molecule has 1 heterocycles. The van der Waals surface area contributed by atoms with E-state index in [0.717, 1.165) is 25.8 Å². The highest BCUT2D eigenvalue weighted by Crippen LogP contribution is 2.22. The molecule has 1 saturated heterocycles. The summed E-state index contributed by atoms with van der Waals surface area (Å²) in [5, 5.41) is 9.05. The zero-order valence-corrected chi connectivity index (χ0v) is 10.9. The maximum atomic E-state index is 11.0. The van der Waals surface area contributed by atoms with Crippen LogP contribution >= 0.6 is 0 Å². The molecule has 0 aliphatic carbocycles. The molecule has 0 aromatic heterocycles. The first kappa shape index (κ1) is 13.1. The van der Waals surface area contributed by atoms with Crippen molar-refractivity contribution in [3.8, 4) is 0 Å². The summed E-state index contributed by atoms with van der Waals surface area (Å²) in [7, 11) is 0. The standard InChI is InChI=1S/C15H21NO2/c1-2-14(10-12-6-4-3-5-7-12)16-9-8-13(11-16)15(17)18/h3-7,13-14H,2,8-11H2,1H3,(H,17,18). The molecule has 18 heavy (non-hydrogen) atoms. The van der Waals surface area contributed by atoms with Crippen LogP contribution in [0.4, 0.5) is 0 Å². The highest BCUT2D eigenvalue weighted by Gasteiger charge is 2.31. The predicted octanol–water partition coefficient (Wildman–Crippen LogP) is 2.41. The molecule has 2 atom stereocenters. The van der Waals surface area contributed by atoms with Crippen LogP contribution in [0.2, 0.25) is 0 Å². The van der Waals surface area contributed by atoms with Crippen molar-refractivity contribution in [3.05, 3.63) is 35.9 Å². The van der Waals surface area contributed by atoms with Gasteiger partial charge in [0.25, 0.3) is 0 Å². The fraction of sp³-hybridized carbons (Fsp3) is 0.533. The molecular formula is C15H21NO2. The van der Waals surface area contributed by atoms with E-state index in [1.54, 1.807) is 0 Å². The van der Waals surface area contributed by atoms with E-state index in [1.165, 1.54) is 5.56 Å². The third kappa shape index (κ3) is 3.10. The summed E-state index contributed by atoms with van der Waals surface area (Å²) >= 11 is 0. The van der Waals surface area contributed by atoms with E-state index in [9.17, 15) is 4.79 Å². The average molecular weight is 247 g/mol. The van der Waals surface area contributed by atoms with Gasteiger partial charge in [0.05, 0.1) is 5.92 Å². The fourth-order valence-electron chi connectivity index (χ4n) is 2.74. The summed E-state index contributed by atoms with van der Waals surface area (Å²) in [6.45, 7) is 3.81. The number of benzene rings is 1. The van der Waals surface area contributed by atoms with Gasteiger partial charge in [0.2, 0.25) is 0 Å². The van der Waals surface area contributed by atoms with Gasteiger partial charge in [-0.3, -0.25) is 9.69 Å². The van der Waals surface area contributed by atoms with Crippen LogP contribution in [0, 0.1) is 5.92 Å². The summed E-state index contributed by atoms with van der Waals surface area (Å²) in [5.41, 5.74) is 1.34. The third-order valence-electron chi connectivity index (χ3n) is 3.87. The van der Waals surface area contributed by atoms with E-state index >= 15 is 0 Å². The molecule has 1 aromatic rings. The first-order chi connectivity index (χ1) is 8.70. The number of carbonyl (C=O) groups is 1. The van der Waals surface area contributed by atoms with Crippen molar-refractivity contribution in [2.75, 3.05) is 13.1 Å². The summed E-state index contributed by atoms with van der Waals surface area (Å²) in [6.07, 6.45) is 2.88. The molecule has 1 N–H and O–H groups in total. The molecular weight excluding hydrogens is 226 g/mol. The molecule has 0 radical (unpaired) electrons. The zero-order valence-electron chi connectivity index (χ0n) is 10.9. The molecule has 3 heteroatoms. The highest BCUT2D eigenvalue weighted by molar-refractivity contribution is 5.70. The lowest BCUT2D eigenvalue weighted by atomic mass is 10.0. The summed E-state index contributed by atoms with van der Waals surface area (Å²) in [6, 6.07) is 10.9. The van der Waals surface area contributed by atoms with Gasteiger partial charge in [-0.1, -0.05) is 37.3 Å². The van der Waals surface area contributed by atoms with Gasteiger partial charge >= 0.3 is 5.97 Å². The molecule has 98 valence electrons. The molecule has 1 aliphatic heterocycles. The normalized spacial score (nSPS) is 21.9. The number of nitrogens with zero attached hydrogens (tertiary/aromatic N) is 1. The van der Waals surface area contributed by atoms with Crippen molar-refractivity contribution in [2.45, 2.75) is 32.2 Å². The minimum Gasteiger partial charge on any atom is -0.481 e. The van der Waals surface area contributed by atoms with Gasteiger partial charge in [-0.2, -0.15) is 0 Å². The predicted molar refractivity (Wildman–Crippen MR) is 71.5 cm³/mol. The number of hydrogen-bond acceptors (Lipinski definition) is 2. The molecule has 1 fully saturated rings. The van der Waals surface area contributed by atoms with Gasteiger partial charge < -0.3 is 5.11 Å². The van der Waals surface area contributed by atoms with E-state index in [1.807, 2.05) is 6.07 Å². The SMILES string of the molecule is CCC(Cc1ccccc1)N1CCC(C(=O)O)C1. The minimum atomic E-state index is -0.646. The van der Waals surface area contributed by atoms with Crippen LogP contribution in [0.5, 0.6) is 0 Å². The monoisotopic (exact) mass is 247 g/mol. The smallest absolute Gasteiger partial charge is 0.307 e. The Hall–Kier alpha value is -1.35. The Bertz CT molecular complexity index is 391. The Labute approximate surface area is 108 Å². The number of carboxylic acid groups (broad SMARTS) is 1. The molecule has 1 aromatic carbocycles. The number of hydrogen-bond donors (Lipinski definition) is 1. The quantitative estimate of drug-likeness (QED) is 0.868. The lowest BCUT2D eigenvalue weighted by molar-refractivity contribution is -0.141. The van der Waals surface area contributed by atoms with Crippen LogP contribution in [-0.2, 0) is 11.2 Å². The summed E-state index contributed by atoms with van der Waals surface area (Å²) in [5.74, 6) is -0.818. The molecule has 2 rings (SSSR count). The second-order valence-electron chi connectivity index (χ2n) is 5.07. The zero-order chi connectivity index (χ0) is 13.0. The second kappa shape index (κ2) is 6.01. The molecule has 1 aliphatic rings. The summed E-state index contributed by atoms with van der Waals surface area (Å²) in [4.78, 5) is 13.3. The number of aliphatic carboxylic acids is 1.